The van der Waals surface area contributed by atoms with Gasteiger partial charge in [-0.05, 0) is 25.0 Å². The van der Waals surface area contributed by atoms with Gasteiger partial charge < -0.3 is 17.2 Å². The third-order valence-corrected chi connectivity index (χ3v) is 2.30. The maximum atomic E-state index is 13.6. The van der Waals surface area contributed by atoms with Gasteiger partial charge in [-0.1, -0.05) is 5.21 Å². The number of halogens is 1. The minimum Gasteiger partial charge on any atom is -0.402 e. The van der Waals surface area contributed by atoms with Gasteiger partial charge in [-0.2, -0.15) is 0 Å². The first-order valence-electron chi connectivity index (χ1n) is 5.68. The lowest BCUT2D eigenvalue weighted by Crippen LogP contribution is -2.13. The van der Waals surface area contributed by atoms with Crippen molar-refractivity contribution in [2.75, 3.05) is 0 Å². The van der Waals surface area contributed by atoms with Crippen LogP contribution >= 0.6 is 0 Å². The van der Waals surface area contributed by atoms with Crippen molar-refractivity contribution < 1.29 is 9.18 Å². The first kappa shape index (κ1) is 14.7. The van der Waals surface area contributed by atoms with Crippen LogP contribution in [0.5, 0.6) is 0 Å². The molecule has 1 unspecified atom stereocenters. The molecule has 104 valence electrons. The molecule has 0 aliphatic rings. The van der Waals surface area contributed by atoms with E-state index in [-0.39, 0.29) is 24.5 Å². The Morgan fingerprint density at radius 2 is 2.16 bits per heavy atom. The quantitative estimate of drug-likeness (QED) is 0.465. The Balaban J connectivity index is 2.39. The Hall–Kier alpha value is -2.38. The number of aromatic nitrogens is 3. The fraction of sp³-hybridized carbons (Fsp3) is 0.364. The molecule has 0 aliphatic carbocycles. The van der Waals surface area contributed by atoms with Gasteiger partial charge in [0.15, 0.2) is 6.29 Å². The van der Waals surface area contributed by atoms with Crippen molar-refractivity contribution in [2.24, 2.45) is 17.2 Å². The van der Waals surface area contributed by atoms with Crippen molar-refractivity contribution in [3.05, 3.63) is 35.6 Å². The summed E-state index contributed by atoms with van der Waals surface area (Å²) in [4.78, 5) is 10.4. The highest BCUT2D eigenvalue weighted by atomic mass is 19.1. The maximum absolute atomic E-state index is 13.6. The van der Waals surface area contributed by atoms with Crippen molar-refractivity contribution in [3.8, 4) is 0 Å². The number of carbonyl (C=O) groups is 1. The third kappa shape index (κ3) is 5.66. The topological polar surface area (TPSA) is 126 Å². The lowest BCUT2D eigenvalue weighted by Gasteiger charge is -2.07. The van der Waals surface area contributed by atoms with Crippen LogP contribution in [0.25, 0.3) is 0 Å². The fourth-order valence-corrected chi connectivity index (χ4v) is 1.36. The van der Waals surface area contributed by atoms with Crippen molar-refractivity contribution >= 4 is 6.29 Å². The summed E-state index contributed by atoms with van der Waals surface area (Å²) >= 11 is 0. The van der Waals surface area contributed by atoms with Crippen molar-refractivity contribution in [1.29, 1.82) is 0 Å². The Morgan fingerprint density at radius 3 is 2.74 bits per heavy atom. The standard InChI is InChI=1S/C11H17FN6O/c12-8(1-2-9(13)3-4-11(14)15)5-18-6-10(7-19)16-17-18/h3-4,6-8H,1-2,5,13-15H2/b9-3-. The normalized spacial score (nSPS) is 13.0. The molecule has 0 bridgehead atoms. The molecule has 1 aromatic rings. The number of hydrogen-bond donors (Lipinski definition) is 3. The first-order valence-corrected chi connectivity index (χ1v) is 5.68. The van der Waals surface area contributed by atoms with E-state index in [1.54, 1.807) is 6.08 Å². The maximum Gasteiger partial charge on any atom is 0.171 e. The number of alkyl halides is 1. The van der Waals surface area contributed by atoms with Crippen LogP contribution < -0.4 is 17.2 Å². The summed E-state index contributed by atoms with van der Waals surface area (Å²) in [7, 11) is 0. The lowest BCUT2D eigenvalue weighted by molar-refractivity contribution is 0.111. The molecule has 19 heavy (non-hydrogen) atoms. The molecule has 0 amide bonds. The number of allylic oxidation sites excluding steroid dienone is 3. The number of rotatable bonds is 7. The van der Waals surface area contributed by atoms with E-state index in [2.05, 4.69) is 10.3 Å². The zero-order chi connectivity index (χ0) is 14.3. The second-order valence-electron chi connectivity index (χ2n) is 4.03. The predicted octanol–water partition coefficient (Wildman–Crippen LogP) is -0.190. The van der Waals surface area contributed by atoms with Gasteiger partial charge in [-0.15, -0.1) is 5.10 Å². The van der Waals surface area contributed by atoms with E-state index in [4.69, 9.17) is 17.2 Å². The van der Waals surface area contributed by atoms with E-state index in [1.807, 2.05) is 0 Å². The molecule has 1 heterocycles. The summed E-state index contributed by atoms with van der Waals surface area (Å²) in [6.07, 6.45) is 4.42. The van der Waals surface area contributed by atoms with Crippen LogP contribution in [0.2, 0.25) is 0 Å². The number of nitrogens with zero attached hydrogens (tertiary/aromatic N) is 3. The van der Waals surface area contributed by atoms with Crippen molar-refractivity contribution in [1.82, 2.24) is 15.0 Å². The van der Waals surface area contributed by atoms with Gasteiger partial charge in [0.05, 0.1) is 18.6 Å². The van der Waals surface area contributed by atoms with Gasteiger partial charge in [0.25, 0.3) is 0 Å². The molecule has 0 fully saturated rings. The van der Waals surface area contributed by atoms with E-state index in [0.29, 0.717) is 18.4 Å². The molecular weight excluding hydrogens is 251 g/mol. The zero-order valence-corrected chi connectivity index (χ0v) is 10.4. The summed E-state index contributed by atoms with van der Waals surface area (Å²) in [6, 6.07) is 0. The number of nitrogens with two attached hydrogens (primary N) is 3. The molecule has 6 N–H and O–H groups in total. The molecule has 8 heteroatoms. The van der Waals surface area contributed by atoms with Gasteiger partial charge >= 0.3 is 0 Å². The molecule has 0 radical (unpaired) electrons. The molecule has 0 saturated heterocycles. The van der Waals surface area contributed by atoms with E-state index in [1.165, 1.54) is 17.0 Å². The average Bonchev–Trinajstić information content (AvgIpc) is 2.81. The van der Waals surface area contributed by atoms with Crippen LogP contribution in [-0.2, 0) is 6.54 Å². The monoisotopic (exact) mass is 268 g/mol. The van der Waals surface area contributed by atoms with Gasteiger partial charge in [-0.25, -0.2) is 9.07 Å². The molecule has 0 aliphatic heterocycles. The van der Waals surface area contributed by atoms with Crippen molar-refractivity contribution in [2.45, 2.75) is 25.6 Å². The number of carbonyl (C=O) groups excluding carboxylic acids is 1. The zero-order valence-electron chi connectivity index (χ0n) is 10.4. The minimum absolute atomic E-state index is 0.0307. The highest BCUT2D eigenvalue weighted by Gasteiger charge is 2.09. The highest BCUT2D eigenvalue weighted by molar-refractivity contribution is 5.70. The Labute approximate surface area is 109 Å². The van der Waals surface area contributed by atoms with Crippen LogP contribution in [0.4, 0.5) is 4.39 Å². The van der Waals surface area contributed by atoms with Gasteiger partial charge in [0, 0.05) is 5.70 Å². The average molecular weight is 268 g/mol. The lowest BCUT2D eigenvalue weighted by atomic mass is 10.1. The van der Waals surface area contributed by atoms with Crippen molar-refractivity contribution in [3.63, 3.8) is 0 Å². The summed E-state index contributed by atoms with van der Waals surface area (Å²) in [5, 5.41) is 7.16. The number of aldehydes is 1. The van der Waals surface area contributed by atoms with E-state index in [0.717, 1.165) is 0 Å². The highest BCUT2D eigenvalue weighted by Crippen LogP contribution is 2.08. The summed E-state index contributed by atoms with van der Waals surface area (Å²) in [5.74, 6) is 0.142. The Kier molecular flexibility index (Phi) is 5.52. The summed E-state index contributed by atoms with van der Waals surface area (Å²) in [5.41, 5.74) is 16.8. The Morgan fingerprint density at radius 1 is 1.42 bits per heavy atom. The van der Waals surface area contributed by atoms with Crippen LogP contribution in [-0.4, -0.2) is 27.5 Å². The van der Waals surface area contributed by atoms with E-state index < -0.39 is 6.17 Å². The first-order chi connectivity index (χ1) is 9.01. The molecule has 0 spiro atoms. The smallest absolute Gasteiger partial charge is 0.171 e. The van der Waals surface area contributed by atoms with Crippen LogP contribution in [0.15, 0.2) is 29.9 Å². The van der Waals surface area contributed by atoms with Crippen LogP contribution in [0, 0.1) is 0 Å². The largest absolute Gasteiger partial charge is 0.402 e. The van der Waals surface area contributed by atoms with Crippen LogP contribution in [0.3, 0.4) is 0 Å². The molecule has 1 atom stereocenters. The summed E-state index contributed by atoms with van der Waals surface area (Å²) < 4.78 is 14.9. The minimum atomic E-state index is -1.13. The van der Waals surface area contributed by atoms with Crippen LogP contribution in [0.1, 0.15) is 23.3 Å². The van der Waals surface area contributed by atoms with Gasteiger partial charge in [-0.3, -0.25) is 4.79 Å². The molecular formula is C11H17FN6O. The second kappa shape index (κ2) is 7.14. The van der Waals surface area contributed by atoms with E-state index in [9.17, 15) is 9.18 Å². The SMILES string of the molecule is NC(N)=C/C=C(\N)CCC(F)Cn1cc(C=O)nn1. The molecule has 7 nitrogen and oxygen atoms in total. The summed E-state index contributed by atoms with van der Waals surface area (Å²) in [6.45, 7) is 0.0307. The van der Waals surface area contributed by atoms with Gasteiger partial charge in [0.1, 0.15) is 11.9 Å². The molecule has 0 saturated carbocycles. The third-order valence-electron chi connectivity index (χ3n) is 2.30. The fourth-order valence-electron chi connectivity index (χ4n) is 1.36. The molecule has 0 aromatic carbocycles. The predicted molar refractivity (Wildman–Crippen MR) is 68.3 cm³/mol. The van der Waals surface area contributed by atoms with Gasteiger partial charge in [0.2, 0.25) is 0 Å². The Bertz CT molecular complexity index is 477. The second-order valence-corrected chi connectivity index (χ2v) is 4.03. The molecule has 1 aromatic heterocycles. The number of hydrogen-bond acceptors (Lipinski definition) is 6. The van der Waals surface area contributed by atoms with E-state index >= 15 is 0 Å². The molecule has 1 rings (SSSR count).